The van der Waals surface area contributed by atoms with Gasteiger partial charge in [-0.2, -0.15) is 4.31 Å². The second kappa shape index (κ2) is 5.79. The Balaban J connectivity index is 2.67. The van der Waals surface area contributed by atoms with Crippen LogP contribution < -0.4 is 0 Å². The van der Waals surface area contributed by atoms with Crippen molar-refractivity contribution in [2.24, 2.45) is 5.92 Å². The molecule has 0 aromatic rings. The number of esters is 1. The molecule has 1 aliphatic heterocycles. The first-order valence-corrected chi connectivity index (χ1v) is 7.20. The molecular formula is C10H19NO5S. The standard InChI is InChI=1S/C10H19NO5S/c1-8-3-5-11(9(8)7-12)17(14,15)6-4-10(13)16-2/h8-9,12H,3-7H2,1-2H3. The molecule has 7 heteroatoms. The summed E-state index contributed by atoms with van der Waals surface area (Å²) in [5.41, 5.74) is 0. The molecule has 0 aromatic heterocycles. The summed E-state index contributed by atoms with van der Waals surface area (Å²) < 4.78 is 29.7. The minimum atomic E-state index is -3.49. The number of nitrogens with zero attached hydrogens (tertiary/aromatic N) is 1. The fraction of sp³-hybridized carbons (Fsp3) is 0.900. The van der Waals surface area contributed by atoms with Gasteiger partial charge in [0.15, 0.2) is 0 Å². The lowest BCUT2D eigenvalue weighted by Crippen LogP contribution is -2.41. The van der Waals surface area contributed by atoms with E-state index in [4.69, 9.17) is 0 Å². The highest BCUT2D eigenvalue weighted by atomic mass is 32.2. The Hall–Kier alpha value is -0.660. The first kappa shape index (κ1) is 14.4. The van der Waals surface area contributed by atoms with Crippen LogP contribution in [0, 0.1) is 5.92 Å². The van der Waals surface area contributed by atoms with E-state index in [2.05, 4.69) is 4.74 Å². The van der Waals surface area contributed by atoms with Crippen molar-refractivity contribution in [3.05, 3.63) is 0 Å². The molecule has 0 bridgehead atoms. The normalized spacial score (nSPS) is 26.1. The van der Waals surface area contributed by atoms with E-state index in [1.54, 1.807) is 0 Å². The molecule has 2 atom stereocenters. The van der Waals surface area contributed by atoms with Crippen LogP contribution in [0.2, 0.25) is 0 Å². The van der Waals surface area contributed by atoms with Gasteiger partial charge in [-0.3, -0.25) is 4.79 Å². The number of carbonyl (C=O) groups is 1. The summed E-state index contributed by atoms with van der Waals surface area (Å²) in [7, 11) is -2.26. The van der Waals surface area contributed by atoms with Crippen LogP contribution in [0.25, 0.3) is 0 Å². The fourth-order valence-corrected chi connectivity index (χ4v) is 3.75. The number of sulfonamides is 1. The molecule has 17 heavy (non-hydrogen) atoms. The van der Waals surface area contributed by atoms with E-state index in [0.717, 1.165) is 6.42 Å². The number of carbonyl (C=O) groups excluding carboxylic acids is 1. The van der Waals surface area contributed by atoms with Gasteiger partial charge in [-0.1, -0.05) is 6.92 Å². The molecule has 0 amide bonds. The zero-order chi connectivity index (χ0) is 13.1. The Kier molecular flexibility index (Phi) is 4.91. The van der Waals surface area contributed by atoms with Gasteiger partial charge in [-0.25, -0.2) is 8.42 Å². The minimum Gasteiger partial charge on any atom is -0.469 e. The van der Waals surface area contributed by atoms with E-state index in [9.17, 15) is 18.3 Å². The number of methoxy groups -OCH3 is 1. The summed E-state index contributed by atoms with van der Waals surface area (Å²) in [5.74, 6) is -0.655. The number of aliphatic hydroxyl groups is 1. The van der Waals surface area contributed by atoms with Crippen LogP contribution in [0.3, 0.4) is 0 Å². The van der Waals surface area contributed by atoms with Gasteiger partial charge in [0.2, 0.25) is 10.0 Å². The highest BCUT2D eigenvalue weighted by Gasteiger charge is 2.38. The third-order valence-electron chi connectivity index (χ3n) is 3.17. The maximum atomic E-state index is 12.0. The van der Waals surface area contributed by atoms with Crippen molar-refractivity contribution in [2.75, 3.05) is 26.0 Å². The van der Waals surface area contributed by atoms with E-state index < -0.39 is 16.0 Å². The lowest BCUT2D eigenvalue weighted by atomic mass is 10.0. The molecule has 100 valence electrons. The summed E-state index contributed by atoms with van der Waals surface area (Å²) in [6.07, 6.45) is 0.588. The van der Waals surface area contributed by atoms with Crippen LogP contribution >= 0.6 is 0 Å². The summed E-state index contributed by atoms with van der Waals surface area (Å²) >= 11 is 0. The molecule has 1 rings (SSSR count). The summed E-state index contributed by atoms with van der Waals surface area (Å²) in [4.78, 5) is 10.9. The van der Waals surface area contributed by atoms with Crippen molar-refractivity contribution in [3.63, 3.8) is 0 Å². The molecular weight excluding hydrogens is 246 g/mol. The van der Waals surface area contributed by atoms with Crippen molar-refractivity contribution in [2.45, 2.75) is 25.8 Å². The van der Waals surface area contributed by atoms with Crippen LogP contribution in [-0.4, -0.2) is 55.9 Å². The first-order valence-electron chi connectivity index (χ1n) is 5.59. The first-order chi connectivity index (χ1) is 7.92. The minimum absolute atomic E-state index is 0.146. The highest BCUT2D eigenvalue weighted by Crippen LogP contribution is 2.26. The van der Waals surface area contributed by atoms with Gasteiger partial charge in [0.05, 0.1) is 31.9 Å². The van der Waals surface area contributed by atoms with Crippen LogP contribution in [0.1, 0.15) is 19.8 Å². The van der Waals surface area contributed by atoms with Gasteiger partial charge >= 0.3 is 5.97 Å². The Bertz CT molecular complexity index is 367. The molecule has 0 saturated carbocycles. The summed E-state index contributed by atoms with van der Waals surface area (Å²) in [5, 5.41) is 9.20. The summed E-state index contributed by atoms with van der Waals surface area (Å²) in [6, 6.07) is -0.363. The van der Waals surface area contributed by atoms with Gasteiger partial charge in [-0.15, -0.1) is 0 Å². The lowest BCUT2D eigenvalue weighted by molar-refractivity contribution is -0.140. The predicted octanol–water partition coefficient (Wildman–Crippen LogP) is -0.418. The Morgan fingerprint density at radius 1 is 1.53 bits per heavy atom. The van der Waals surface area contributed by atoms with E-state index in [1.807, 2.05) is 6.92 Å². The van der Waals surface area contributed by atoms with Gasteiger partial charge in [-0.05, 0) is 12.3 Å². The largest absolute Gasteiger partial charge is 0.469 e. The second-order valence-electron chi connectivity index (χ2n) is 4.27. The smallest absolute Gasteiger partial charge is 0.306 e. The second-order valence-corrected chi connectivity index (χ2v) is 6.31. The highest BCUT2D eigenvalue weighted by molar-refractivity contribution is 7.89. The zero-order valence-corrected chi connectivity index (χ0v) is 10.9. The third-order valence-corrected chi connectivity index (χ3v) is 5.06. The molecule has 1 aliphatic rings. The number of hydrogen-bond donors (Lipinski definition) is 1. The maximum absolute atomic E-state index is 12.0. The van der Waals surface area contributed by atoms with Gasteiger partial charge in [0.25, 0.3) is 0 Å². The average Bonchev–Trinajstić information content (AvgIpc) is 2.68. The molecule has 1 saturated heterocycles. The fourth-order valence-electron chi connectivity index (χ4n) is 2.02. The van der Waals surface area contributed by atoms with Crippen LogP contribution in [0.15, 0.2) is 0 Å². The average molecular weight is 265 g/mol. The van der Waals surface area contributed by atoms with Crippen molar-refractivity contribution >= 4 is 16.0 Å². The maximum Gasteiger partial charge on any atom is 0.306 e. The molecule has 1 fully saturated rings. The molecule has 0 aromatic carbocycles. The Labute approximate surface area is 102 Å². The van der Waals surface area contributed by atoms with E-state index in [0.29, 0.717) is 6.54 Å². The van der Waals surface area contributed by atoms with Gasteiger partial charge < -0.3 is 9.84 Å². The number of ether oxygens (including phenoxy) is 1. The van der Waals surface area contributed by atoms with Gasteiger partial charge in [0.1, 0.15) is 0 Å². The molecule has 0 spiro atoms. The van der Waals surface area contributed by atoms with Crippen molar-refractivity contribution in [1.82, 2.24) is 4.31 Å². The van der Waals surface area contributed by atoms with E-state index >= 15 is 0 Å². The monoisotopic (exact) mass is 265 g/mol. The number of aliphatic hydroxyl groups excluding tert-OH is 1. The van der Waals surface area contributed by atoms with E-state index in [1.165, 1.54) is 11.4 Å². The number of hydrogen-bond acceptors (Lipinski definition) is 5. The topological polar surface area (TPSA) is 83.9 Å². The lowest BCUT2D eigenvalue weighted by Gasteiger charge is -2.24. The Morgan fingerprint density at radius 3 is 2.71 bits per heavy atom. The quantitative estimate of drug-likeness (QED) is 0.683. The van der Waals surface area contributed by atoms with Crippen molar-refractivity contribution in [3.8, 4) is 0 Å². The Morgan fingerprint density at radius 2 is 2.18 bits per heavy atom. The molecule has 0 aliphatic carbocycles. The van der Waals surface area contributed by atoms with Crippen molar-refractivity contribution < 1.29 is 23.1 Å². The third kappa shape index (κ3) is 3.40. The van der Waals surface area contributed by atoms with Crippen LogP contribution in [0.4, 0.5) is 0 Å². The molecule has 1 heterocycles. The van der Waals surface area contributed by atoms with E-state index in [-0.39, 0.29) is 30.7 Å². The predicted molar refractivity (Wildman–Crippen MR) is 61.8 cm³/mol. The molecule has 1 N–H and O–H groups in total. The summed E-state index contributed by atoms with van der Waals surface area (Å²) in [6.45, 7) is 2.14. The molecule has 0 radical (unpaired) electrons. The van der Waals surface area contributed by atoms with Crippen LogP contribution in [0.5, 0.6) is 0 Å². The van der Waals surface area contributed by atoms with Gasteiger partial charge in [0, 0.05) is 6.54 Å². The van der Waals surface area contributed by atoms with Crippen molar-refractivity contribution in [1.29, 1.82) is 0 Å². The molecule has 6 nitrogen and oxygen atoms in total. The number of rotatable bonds is 5. The molecule has 2 unspecified atom stereocenters. The SMILES string of the molecule is COC(=O)CCS(=O)(=O)N1CCC(C)C1CO. The van der Waals surface area contributed by atoms with Crippen LogP contribution in [-0.2, 0) is 19.6 Å². The zero-order valence-electron chi connectivity index (χ0n) is 10.1.